The second-order valence-corrected chi connectivity index (χ2v) is 1.63. The third kappa shape index (κ3) is 5.62. The van der Waals surface area contributed by atoms with Gasteiger partial charge in [-0.3, -0.25) is 0 Å². The maximum Gasteiger partial charge on any atom is 0.506 e. The number of ether oxygens (including phenoxy) is 1. The van der Waals surface area contributed by atoms with Gasteiger partial charge in [-0.05, 0) is 6.26 Å². The minimum Gasteiger partial charge on any atom is -0.450 e. The Morgan fingerprint density at radius 2 is 2.57 bits per heavy atom. The van der Waals surface area contributed by atoms with Gasteiger partial charge in [-0.2, -0.15) is 0 Å². The first-order valence-electron chi connectivity index (χ1n) is 1.62. The highest BCUT2D eigenvalue weighted by Gasteiger charge is 1.89. The van der Waals surface area contributed by atoms with Crippen molar-refractivity contribution >= 4 is 17.9 Å². The van der Waals surface area contributed by atoms with Crippen molar-refractivity contribution in [1.29, 1.82) is 0 Å². The fourth-order valence-electron chi connectivity index (χ4n) is 0.109. The molecule has 7 heavy (non-hydrogen) atoms. The zero-order valence-electron chi connectivity index (χ0n) is 3.88. The van der Waals surface area contributed by atoms with Crippen LogP contribution in [0.1, 0.15) is 0 Å². The maximum atomic E-state index is 9.52. The van der Waals surface area contributed by atoms with Crippen molar-refractivity contribution in [2.45, 2.75) is 0 Å². The molecule has 42 valence electrons. The van der Waals surface area contributed by atoms with E-state index in [0.717, 1.165) is 0 Å². The van der Waals surface area contributed by atoms with Crippen LogP contribution in [-0.2, 0) is 4.74 Å². The fraction of sp³-hybridized carbons (Fsp3) is 0.667. The van der Waals surface area contributed by atoms with Crippen LogP contribution in [0.5, 0.6) is 0 Å². The van der Waals surface area contributed by atoms with Gasteiger partial charge in [0.05, 0.1) is 0 Å². The van der Waals surface area contributed by atoms with Gasteiger partial charge in [-0.15, -0.1) is 11.8 Å². The Kier molecular flexibility index (Phi) is 3.59. The summed E-state index contributed by atoms with van der Waals surface area (Å²) in [5, 5.41) is 7.81. The van der Waals surface area contributed by atoms with Gasteiger partial charge in [0.25, 0.3) is 0 Å². The van der Waals surface area contributed by atoms with Crippen molar-refractivity contribution in [3.8, 4) is 0 Å². The number of carbonyl (C=O) groups is 1. The van der Waals surface area contributed by atoms with Crippen LogP contribution in [-0.4, -0.2) is 23.5 Å². The lowest BCUT2D eigenvalue weighted by atomic mass is 11.4. The van der Waals surface area contributed by atoms with E-state index in [2.05, 4.69) is 4.74 Å². The van der Waals surface area contributed by atoms with E-state index in [9.17, 15) is 4.79 Å². The Morgan fingerprint density at radius 1 is 2.00 bits per heavy atom. The van der Waals surface area contributed by atoms with Crippen molar-refractivity contribution in [3.05, 3.63) is 0 Å². The molecule has 0 heterocycles. The average Bonchev–Trinajstić information content (AvgIpc) is 1.61. The van der Waals surface area contributed by atoms with Gasteiger partial charge < -0.3 is 9.84 Å². The van der Waals surface area contributed by atoms with E-state index in [4.69, 9.17) is 5.11 Å². The van der Waals surface area contributed by atoms with Gasteiger partial charge >= 0.3 is 6.16 Å². The Labute approximate surface area is 45.7 Å². The van der Waals surface area contributed by atoms with Crippen LogP contribution >= 0.6 is 11.8 Å². The summed E-state index contributed by atoms with van der Waals surface area (Å²) in [4.78, 5) is 9.52. The Morgan fingerprint density at radius 3 is 2.71 bits per heavy atom. The van der Waals surface area contributed by atoms with E-state index in [1.54, 1.807) is 6.26 Å². The van der Waals surface area contributed by atoms with Crippen molar-refractivity contribution in [2.75, 3.05) is 12.2 Å². The predicted octanol–water partition coefficient (Wildman–Crippen LogP) is 1.00. The molecule has 0 aromatic heterocycles. The Hall–Kier alpha value is -0.380. The molecule has 0 fully saturated rings. The molecule has 0 spiro atoms. The minimum absolute atomic E-state index is 0.218. The number of rotatable bonds is 2. The van der Waals surface area contributed by atoms with Crippen molar-refractivity contribution in [2.24, 2.45) is 0 Å². The third-order valence-electron chi connectivity index (χ3n) is 0.300. The first-order valence-corrected chi connectivity index (χ1v) is 3.01. The van der Waals surface area contributed by atoms with Crippen LogP contribution in [0.15, 0.2) is 0 Å². The van der Waals surface area contributed by atoms with Gasteiger partial charge in [0.1, 0.15) is 5.94 Å². The lowest BCUT2D eigenvalue weighted by molar-refractivity contribution is 0.109. The summed E-state index contributed by atoms with van der Waals surface area (Å²) < 4.78 is 4.07. The zero-order chi connectivity index (χ0) is 5.70. The minimum atomic E-state index is -1.21. The fourth-order valence-corrected chi connectivity index (χ4v) is 0.328. The first-order chi connectivity index (χ1) is 3.27. The second-order valence-electron chi connectivity index (χ2n) is 0.817. The highest BCUT2D eigenvalue weighted by molar-refractivity contribution is 7.98. The SMILES string of the molecule is CSCOC(=O)O. The monoisotopic (exact) mass is 122 g/mol. The highest BCUT2D eigenvalue weighted by Crippen LogP contribution is 1.90. The highest BCUT2D eigenvalue weighted by atomic mass is 32.2. The average molecular weight is 122 g/mol. The van der Waals surface area contributed by atoms with Crippen molar-refractivity contribution < 1.29 is 14.6 Å². The predicted molar refractivity (Wildman–Crippen MR) is 27.5 cm³/mol. The van der Waals surface area contributed by atoms with E-state index < -0.39 is 6.16 Å². The molecule has 0 radical (unpaired) electrons. The number of hydrogen-bond acceptors (Lipinski definition) is 3. The molecule has 0 aliphatic rings. The molecular formula is C3H6O3S. The quantitative estimate of drug-likeness (QED) is 0.438. The van der Waals surface area contributed by atoms with Crippen LogP contribution in [0, 0.1) is 0 Å². The van der Waals surface area contributed by atoms with Gasteiger partial charge in [0.15, 0.2) is 0 Å². The zero-order valence-corrected chi connectivity index (χ0v) is 4.70. The molecule has 0 amide bonds. The normalized spacial score (nSPS) is 8.14. The van der Waals surface area contributed by atoms with Gasteiger partial charge in [0.2, 0.25) is 0 Å². The van der Waals surface area contributed by atoms with Gasteiger partial charge in [0, 0.05) is 0 Å². The number of carboxylic acid groups (broad SMARTS) is 1. The second kappa shape index (κ2) is 3.80. The van der Waals surface area contributed by atoms with E-state index in [1.807, 2.05) is 0 Å². The van der Waals surface area contributed by atoms with Crippen LogP contribution in [0.3, 0.4) is 0 Å². The summed E-state index contributed by atoms with van der Waals surface area (Å²) >= 11 is 1.33. The molecular weight excluding hydrogens is 116 g/mol. The molecule has 0 saturated heterocycles. The summed E-state index contributed by atoms with van der Waals surface area (Å²) in [5.41, 5.74) is 0. The molecule has 0 saturated carbocycles. The van der Waals surface area contributed by atoms with Crippen LogP contribution in [0.4, 0.5) is 4.79 Å². The van der Waals surface area contributed by atoms with Gasteiger partial charge in [-0.1, -0.05) is 0 Å². The maximum absolute atomic E-state index is 9.52. The summed E-state index contributed by atoms with van der Waals surface area (Å²) in [7, 11) is 0. The van der Waals surface area contributed by atoms with Crippen LogP contribution in [0.25, 0.3) is 0 Å². The molecule has 0 aromatic rings. The van der Waals surface area contributed by atoms with E-state index in [1.165, 1.54) is 11.8 Å². The molecule has 0 aliphatic heterocycles. The molecule has 0 unspecified atom stereocenters. The molecule has 0 rings (SSSR count). The van der Waals surface area contributed by atoms with E-state index >= 15 is 0 Å². The van der Waals surface area contributed by atoms with Crippen molar-refractivity contribution in [3.63, 3.8) is 0 Å². The lowest BCUT2D eigenvalue weighted by Crippen LogP contribution is -1.97. The smallest absolute Gasteiger partial charge is 0.450 e. The van der Waals surface area contributed by atoms with Crippen LogP contribution in [0.2, 0.25) is 0 Å². The molecule has 0 aromatic carbocycles. The number of thioether (sulfide) groups is 1. The standard InChI is InChI=1S/C3H6O3S/c1-7-2-6-3(4)5/h2H2,1H3,(H,4,5). The lowest BCUT2D eigenvalue weighted by Gasteiger charge is -1.91. The molecule has 1 N–H and O–H groups in total. The molecule has 3 nitrogen and oxygen atoms in total. The van der Waals surface area contributed by atoms with Crippen LogP contribution < -0.4 is 0 Å². The van der Waals surface area contributed by atoms with Gasteiger partial charge in [-0.25, -0.2) is 4.79 Å². The van der Waals surface area contributed by atoms with E-state index in [-0.39, 0.29) is 5.94 Å². The molecule has 0 bridgehead atoms. The topological polar surface area (TPSA) is 46.5 Å². The summed E-state index contributed by atoms with van der Waals surface area (Å²) in [5.74, 6) is 0.218. The third-order valence-corrected chi connectivity index (χ3v) is 0.654. The number of hydrogen-bond donors (Lipinski definition) is 1. The summed E-state index contributed by atoms with van der Waals surface area (Å²) in [6.07, 6.45) is 0.553. The first kappa shape index (κ1) is 6.62. The summed E-state index contributed by atoms with van der Waals surface area (Å²) in [6, 6.07) is 0. The molecule has 0 aliphatic carbocycles. The molecule has 0 atom stereocenters. The Balaban J connectivity index is 2.82. The van der Waals surface area contributed by atoms with Crippen molar-refractivity contribution in [1.82, 2.24) is 0 Å². The van der Waals surface area contributed by atoms with E-state index in [0.29, 0.717) is 0 Å². The molecule has 4 heteroatoms. The summed E-state index contributed by atoms with van der Waals surface area (Å²) in [6.45, 7) is 0. The largest absolute Gasteiger partial charge is 0.506 e. The Bertz CT molecular complexity index is 63.2.